The number of hydrogen-bond acceptors (Lipinski definition) is 5. The normalized spacial score (nSPS) is 12.9. The number of pyridine rings is 1. The molecule has 0 unspecified atom stereocenters. The van der Waals surface area contributed by atoms with Crippen molar-refractivity contribution in [2.75, 3.05) is 0 Å². The molecule has 0 saturated heterocycles. The van der Waals surface area contributed by atoms with Crippen molar-refractivity contribution in [3.63, 3.8) is 0 Å². The second-order valence-corrected chi connectivity index (χ2v) is 16.7. The van der Waals surface area contributed by atoms with E-state index in [0.29, 0.717) is 17.5 Å². The van der Waals surface area contributed by atoms with E-state index in [1.807, 2.05) is 42.1 Å². The fraction of sp³-hybridized carbons (Fsp3) is 0.0175. The van der Waals surface area contributed by atoms with E-state index in [0.717, 1.165) is 55.2 Å². The van der Waals surface area contributed by atoms with Crippen molar-refractivity contribution in [2.45, 2.75) is 15.2 Å². The van der Waals surface area contributed by atoms with Gasteiger partial charge in [-0.1, -0.05) is 218 Å². The van der Waals surface area contributed by atoms with Crippen LogP contribution < -0.4 is 0 Å². The van der Waals surface area contributed by atoms with Gasteiger partial charge in [0, 0.05) is 43.2 Å². The zero-order valence-corrected chi connectivity index (χ0v) is 34.3. The molecule has 10 aromatic rings. The van der Waals surface area contributed by atoms with Crippen LogP contribution in [0.4, 0.5) is 0 Å². The van der Waals surface area contributed by atoms with E-state index in [1.165, 1.54) is 38.3 Å². The van der Waals surface area contributed by atoms with Crippen molar-refractivity contribution in [3.8, 4) is 78.9 Å². The molecule has 2 aromatic heterocycles. The fourth-order valence-corrected chi connectivity index (χ4v) is 10.8. The Morgan fingerprint density at radius 3 is 1.44 bits per heavy atom. The molecule has 0 radical (unpaired) electrons. The molecule has 4 nitrogen and oxygen atoms in total. The molecular formula is C57H36N4S. The smallest absolute Gasteiger partial charge is 0.165 e. The molecule has 0 N–H and O–H groups in total. The third kappa shape index (κ3) is 5.77. The van der Waals surface area contributed by atoms with Crippen LogP contribution in [0, 0.1) is 0 Å². The topological polar surface area (TPSA) is 51.6 Å². The van der Waals surface area contributed by atoms with Gasteiger partial charge in [0.1, 0.15) is 0 Å². The molecule has 0 amide bonds. The number of rotatable bonds is 6. The Hall–Kier alpha value is -7.73. The highest BCUT2D eigenvalue weighted by molar-refractivity contribution is 7.99. The molecule has 0 fully saturated rings. The lowest BCUT2D eigenvalue weighted by molar-refractivity contribution is 0.722. The Morgan fingerprint density at radius 1 is 0.290 bits per heavy atom. The van der Waals surface area contributed by atoms with Gasteiger partial charge < -0.3 is 0 Å². The number of nitrogens with zero attached hydrogens (tertiary/aromatic N) is 4. The minimum Gasteiger partial charge on any atom is -0.247 e. The van der Waals surface area contributed by atoms with Gasteiger partial charge in [0.2, 0.25) is 0 Å². The Balaban J connectivity index is 1.02. The van der Waals surface area contributed by atoms with Crippen molar-refractivity contribution < 1.29 is 0 Å². The van der Waals surface area contributed by atoms with Gasteiger partial charge in [-0.2, -0.15) is 0 Å². The molecule has 3 heterocycles. The molecule has 0 bridgehead atoms. The van der Waals surface area contributed by atoms with Crippen molar-refractivity contribution >= 4 is 11.8 Å². The van der Waals surface area contributed by atoms with Crippen LogP contribution in [-0.2, 0) is 5.41 Å². The summed E-state index contributed by atoms with van der Waals surface area (Å²) in [6.45, 7) is 0. The summed E-state index contributed by atoms with van der Waals surface area (Å²) in [6, 6.07) is 77.2. The summed E-state index contributed by atoms with van der Waals surface area (Å²) in [7, 11) is 0. The minimum atomic E-state index is -0.499. The summed E-state index contributed by atoms with van der Waals surface area (Å²) in [5.41, 5.74) is 16.2. The largest absolute Gasteiger partial charge is 0.247 e. The quantitative estimate of drug-likeness (QED) is 0.167. The predicted octanol–water partition coefficient (Wildman–Crippen LogP) is 14.1. The summed E-state index contributed by atoms with van der Waals surface area (Å²) in [6.07, 6.45) is 0. The maximum atomic E-state index is 5.33. The molecule has 0 atom stereocenters. The van der Waals surface area contributed by atoms with Crippen LogP contribution in [-0.4, -0.2) is 19.9 Å². The monoisotopic (exact) mass is 808 g/mol. The van der Waals surface area contributed by atoms with Crippen molar-refractivity contribution in [3.05, 3.63) is 241 Å². The Morgan fingerprint density at radius 2 is 0.774 bits per heavy atom. The van der Waals surface area contributed by atoms with E-state index in [4.69, 9.17) is 19.9 Å². The molecule has 2 aliphatic rings. The van der Waals surface area contributed by atoms with Gasteiger partial charge in [-0.15, -0.1) is 0 Å². The van der Waals surface area contributed by atoms with E-state index >= 15 is 0 Å². The molecule has 0 saturated carbocycles. The van der Waals surface area contributed by atoms with Gasteiger partial charge in [-0.05, 0) is 51.1 Å². The van der Waals surface area contributed by atoms with Crippen LogP contribution in [0.5, 0.6) is 0 Å². The lowest BCUT2D eigenvalue weighted by Crippen LogP contribution is -2.32. The number of aromatic nitrogens is 4. The predicted molar refractivity (Wildman–Crippen MR) is 252 cm³/mol. The van der Waals surface area contributed by atoms with E-state index in [1.54, 1.807) is 0 Å². The number of hydrogen-bond donors (Lipinski definition) is 0. The number of fused-ring (bicyclic) bond motifs is 9. The van der Waals surface area contributed by atoms with Crippen molar-refractivity contribution in [1.82, 2.24) is 19.9 Å². The van der Waals surface area contributed by atoms with E-state index in [2.05, 4.69) is 188 Å². The van der Waals surface area contributed by atoms with Gasteiger partial charge >= 0.3 is 0 Å². The molecule has 5 heteroatoms. The van der Waals surface area contributed by atoms with Gasteiger partial charge in [-0.25, -0.2) is 19.9 Å². The summed E-state index contributed by atoms with van der Waals surface area (Å²) < 4.78 is 0. The first-order valence-corrected chi connectivity index (χ1v) is 21.7. The molecule has 1 aliphatic heterocycles. The van der Waals surface area contributed by atoms with Crippen LogP contribution in [0.15, 0.2) is 228 Å². The maximum absolute atomic E-state index is 5.33. The Bertz CT molecular complexity index is 3270. The van der Waals surface area contributed by atoms with Crippen molar-refractivity contribution in [2.24, 2.45) is 0 Å². The van der Waals surface area contributed by atoms with E-state index < -0.39 is 5.41 Å². The molecule has 1 spiro atoms. The average Bonchev–Trinajstić information content (AvgIpc) is 3.65. The molecule has 290 valence electrons. The van der Waals surface area contributed by atoms with Gasteiger partial charge in [-0.3, -0.25) is 0 Å². The summed E-state index contributed by atoms with van der Waals surface area (Å²) >= 11 is 1.81. The molecule has 12 rings (SSSR count). The van der Waals surface area contributed by atoms with Crippen LogP contribution in [0.1, 0.15) is 22.3 Å². The van der Waals surface area contributed by atoms with E-state index in [9.17, 15) is 0 Å². The first-order valence-electron chi connectivity index (χ1n) is 20.9. The summed E-state index contributed by atoms with van der Waals surface area (Å²) in [5.74, 6) is 1.89. The van der Waals surface area contributed by atoms with Gasteiger partial charge in [0.25, 0.3) is 0 Å². The zero-order chi connectivity index (χ0) is 41.0. The highest BCUT2D eigenvalue weighted by Crippen LogP contribution is 2.63. The molecule has 62 heavy (non-hydrogen) atoms. The molecule has 1 aliphatic carbocycles. The maximum Gasteiger partial charge on any atom is 0.165 e. The van der Waals surface area contributed by atoms with Crippen LogP contribution in [0.3, 0.4) is 0 Å². The second kappa shape index (κ2) is 14.8. The van der Waals surface area contributed by atoms with Gasteiger partial charge in [0.05, 0.1) is 16.8 Å². The highest BCUT2D eigenvalue weighted by atomic mass is 32.2. The van der Waals surface area contributed by atoms with Gasteiger partial charge in [0.15, 0.2) is 17.5 Å². The minimum absolute atomic E-state index is 0.499. The highest BCUT2D eigenvalue weighted by Gasteiger charge is 2.50. The average molecular weight is 809 g/mol. The summed E-state index contributed by atoms with van der Waals surface area (Å²) in [4.78, 5) is 23.4. The SMILES string of the molecule is c1ccc(-c2ccc(-c3ccc(-c4nc(-c5ccccc5)nc(-c5cccc6c5Sc5ccccc5C65c6ccccc6-c6ccccc65)n4)cc3)c(-c3ccccc3)n2)cc1. The lowest BCUT2D eigenvalue weighted by Gasteiger charge is -2.40. The molecular weight excluding hydrogens is 773 g/mol. The van der Waals surface area contributed by atoms with E-state index in [-0.39, 0.29) is 0 Å². The van der Waals surface area contributed by atoms with Crippen molar-refractivity contribution in [1.29, 1.82) is 0 Å². The Kier molecular flexibility index (Phi) is 8.61. The third-order valence-corrected chi connectivity index (χ3v) is 13.5. The standard InChI is InChI=1S/C57H36N4S/c1-4-17-38(18-5-1)50-36-35-42(52(58-50)39-19-6-2-7-20-39)37-31-33-41(34-32-37)55-59-54(40-21-8-3-9-22-40)60-56(61-55)45-25-16-29-49-53(45)62-51-30-15-14-28-48(51)57(49)46-26-12-10-23-43(46)44-24-11-13-27-47(44)57/h1-36H. The lowest BCUT2D eigenvalue weighted by atomic mass is 9.67. The van der Waals surface area contributed by atoms with Crippen LogP contribution in [0.25, 0.3) is 78.9 Å². The molecule has 8 aromatic carbocycles. The zero-order valence-electron chi connectivity index (χ0n) is 33.5. The van der Waals surface area contributed by atoms with Crippen LogP contribution >= 0.6 is 11.8 Å². The fourth-order valence-electron chi connectivity index (χ4n) is 9.47. The number of benzene rings is 8. The second-order valence-electron chi connectivity index (χ2n) is 15.7. The Labute approximate surface area is 364 Å². The van der Waals surface area contributed by atoms with Crippen LogP contribution in [0.2, 0.25) is 0 Å². The first-order chi connectivity index (χ1) is 30.7. The first kappa shape index (κ1) is 36.1. The summed E-state index contributed by atoms with van der Waals surface area (Å²) in [5, 5.41) is 0. The third-order valence-electron chi connectivity index (χ3n) is 12.2.